The fourth-order valence-electron chi connectivity index (χ4n) is 1.42. The van der Waals surface area contributed by atoms with Gasteiger partial charge in [-0.2, -0.15) is 13.2 Å². The lowest BCUT2D eigenvalue weighted by Gasteiger charge is -2.24. The van der Waals surface area contributed by atoms with Crippen molar-refractivity contribution in [2.75, 3.05) is 19.7 Å². The number of rotatable bonds is 3. The lowest BCUT2D eigenvalue weighted by atomic mass is 9.99. The van der Waals surface area contributed by atoms with Crippen LogP contribution in [0.3, 0.4) is 0 Å². The van der Waals surface area contributed by atoms with E-state index in [-0.39, 0.29) is 12.5 Å². The summed E-state index contributed by atoms with van der Waals surface area (Å²) in [5, 5.41) is 3.15. The maximum Gasteiger partial charge on any atom is 0.414 e. The first-order chi connectivity index (χ1) is 6.50. The third-order valence-electron chi connectivity index (χ3n) is 2.50. The molecule has 84 valence electrons. The standard InChI is InChI=1S/C9H16F3NO/c1-7(9(10,11)12)14-6-8-2-4-13-5-3-8/h7-8,13H,2-6H2,1H3. The van der Waals surface area contributed by atoms with E-state index in [0.717, 1.165) is 32.9 Å². The highest BCUT2D eigenvalue weighted by Gasteiger charge is 2.37. The Morgan fingerprint density at radius 1 is 1.36 bits per heavy atom. The van der Waals surface area contributed by atoms with E-state index in [1.54, 1.807) is 0 Å². The van der Waals surface area contributed by atoms with Gasteiger partial charge in [-0.1, -0.05) is 0 Å². The van der Waals surface area contributed by atoms with Crippen molar-refractivity contribution in [1.82, 2.24) is 5.32 Å². The summed E-state index contributed by atoms with van der Waals surface area (Å²) >= 11 is 0. The van der Waals surface area contributed by atoms with Gasteiger partial charge in [0.25, 0.3) is 0 Å². The summed E-state index contributed by atoms with van der Waals surface area (Å²) in [6.45, 7) is 3.05. The molecule has 1 heterocycles. The van der Waals surface area contributed by atoms with Crippen LogP contribution in [0, 0.1) is 5.92 Å². The number of hydrogen-bond donors (Lipinski definition) is 1. The molecule has 1 unspecified atom stereocenters. The van der Waals surface area contributed by atoms with Crippen LogP contribution in [0.25, 0.3) is 0 Å². The number of ether oxygens (including phenoxy) is 1. The lowest BCUT2D eigenvalue weighted by molar-refractivity contribution is -0.217. The van der Waals surface area contributed by atoms with E-state index in [9.17, 15) is 13.2 Å². The number of nitrogens with one attached hydrogen (secondary N) is 1. The molecule has 1 fully saturated rings. The molecule has 1 atom stereocenters. The summed E-state index contributed by atoms with van der Waals surface area (Å²) in [6.07, 6.45) is -4.06. The van der Waals surface area contributed by atoms with Gasteiger partial charge in [0, 0.05) is 0 Å². The minimum absolute atomic E-state index is 0.225. The largest absolute Gasteiger partial charge is 0.414 e. The molecular formula is C9H16F3NO. The van der Waals surface area contributed by atoms with Crippen molar-refractivity contribution in [3.05, 3.63) is 0 Å². The maximum absolute atomic E-state index is 12.1. The Morgan fingerprint density at radius 3 is 2.43 bits per heavy atom. The van der Waals surface area contributed by atoms with Crippen molar-refractivity contribution < 1.29 is 17.9 Å². The Hall–Kier alpha value is -0.290. The number of hydrogen-bond acceptors (Lipinski definition) is 2. The minimum atomic E-state index is -4.23. The van der Waals surface area contributed by atoms with Crippen LogP contribution in [0.4, 0.5) is 13.2 Å². The van der Waals surface area contributed by atoms with Gasteiger partial charge in [-0.15, -0.1) is 0 Å². The van der Waals surface area contributed by atoms with Crippen molar-refractivity contribution in [3.63, 3.8) is 0 Å². The predicted octanol–water partition coefficient (Wildman–Crippen LogP) is 1.95. The summed E-state index contributed by atoms with van der Waals surface area (Å²) in [6, 6.07) is 0. The van der Waals surface area contributed by atoms with Crippen molar-refractivity contribution >= 4 is 0 Å². The Kier molecular flexibility index (Phi) is 4.19. The van der Waals surface area contributed by atoms with E-state index in [1.807, 2.05) is 0 Å². The minimum Gasteiger partial charge on any atom is -0.369 e. The molecule has 0 spiro atoms. The molecule has 1 rings (SSSR count). The Labute approximate surface area is 81.8 Å². The normalized spacial score (nSPS) is 22.3. The Morgan fingerprint density at radius 2 is 1.93 bits per heavy atom. The van der Waals surface area contributed by atoms with Crippen molar-refractivity contribution in [2.45, 2.75) is 32.0 Å². The molecule has 0 aromatic rings. The third-order valence-corrected chi connectivity index (χ3v) is 2.50. The van der Waals surface area contributed by atoms with Crippen molar-refractivity contribution in [1.29, 1.82) is 0 Å². The van der Waals surface area contributed by atoms with E-state index in [1.165, 1.54) is 0 Å². The molecule has 1 aliphatic heterocycles. The van der Waals surface area contributed by atoms with Gasteiger partial charge >= 0.3 is 6.18 Å². The SMILES string of the molecule is CC(OCC1CCNCC1)C(F)(F)F. The molecule has 0 aliphatic carbocycles. The third kappa shape index (κ3) is 3.84. The highest BCUT2D eigenvalue weighted by molar-refractivity contribution is 4.69. The second-order valence-corrected chi connectivity index (χ2v) is 3.71. The monoisotopic (exact) mass is 211 g/mol. The molecule has 2 nitrogen and oxygen atoms in total. The smallest absolute Gasteiger partial charge is 0.369 e. The molecule has 0 amide bonds. The molecule has 1 N–H and O–H groups in total. The van der Waals surface area contributed by atoms with Gasteiger partial charge < -0.3 is 10.1 Å². The van der Waals surface area contributed by atoms with Gasteiger partial charge in [0.1, 0.15) is 0 Å². The Bertz CT molecular complexity index is 166. The summed E-state index contributed by atoms with van der Waals surface area (Å²) < 4.78 is 41.0. The molecular weight excluding hydrogens is 195 g/mol. The number of piperidine rings is 1. The molecule has 0 radical (unpaired) electrons. The van der Waals surface area contributed by atoms with Gasteiger partial charge in [-0.3, -0.25) is 0 Å². The molecule has 0 bridgehead atoms. The van der Waals surface area contributed by atoms with E-state index < -0.39 is 12.3 Å². The van der Waals surface area contributed by atoms with Gasteiger partial charge in [0.05, 0.1) is 6.61 Å². The van der Waals surface area contributed by atoms with Crippen molar-refractivity contribution in [3.8, 4) is 0 Å². The fourth-order valence-corrected chi connectivity index (χ4v) is 1.42. The van der Waals surface area contributed by atoms with Crippen LogP contribution < -0.4 is 5.32 Å². The average Bonchev–Trinajstić information content (AvgIpc) is 2.14. The maximum atomic E-state index is 12.1. The van der Waals surface area contributed by atoms with Gasteiger partial charge in [0.2, 0.25) is 0 Å². The topological polar surface area (TPSA) is 21.3 Å². The van der Waals surface area contributed by atoms with Crippen LogP contribution >= 0.6 is 0 Å². The zero-order valence-corrected chi connectivity index (χ0v) is 8.23. The molecule has 1 saturated heterocycles. The van der Waals surface area contributed by atoms with Crippen molar-refractivity contribution in [2.24, 2.45) is 5.92 Å². The molecule has 14 heavy (non-hydrogen) atoms. The quantitative estimate of drug-likeness (QED) is 0.770. The van der Waals surface area contributed by atoms with E-state index in [2.05, 4.69) is 5.32 Å². The van der Waals surface area contributed by atoms with E-state index >= 15 is 0 Å². The summed E-state index contributed by atoms with van der Waals surface area (Å²) in [4.78, 5) is 0. The number of halogens is 3. The zero-order chi connectivity index (χ0) is 10.6. The molecule has 0 aromatic carbocycles. The molecule has 0 saturated carbocycles. The number of alkyl halides is 3. The summed E-state index contributed by atoms with van der Waals surface area (Å²) in [5.74, 6) is 0.279. The average molecular weight is 211 g/mol. The zero-order valence-electron chi connectivity index (χ0n) is 8.23. The lowest BCUT2D eigenvalue weighted by Crippen LogP contribution is -2.34. The molecule has 1 aliphatic rings. The summed E-state index contributed by atoms with van der Waals surface area (Å²) in [5.41, 5.74) is 0. The first-order valence-corrected chi connectivity index (χ1v) is 4.89. The van der Waals surface area contributed by atoms with Crippen LogP contribution in [-0.4, -0.2) is 32.0 Å². The highest BCUT2D eigenvalue weighted by Crippen LogP contribution is 2.23. The summed E-state index contributed by atoms with van der Waals surface area (Å²) in [7, 11) is 0. The first-order valence-electron chi connectivity index (χ1n) is 4.89. The fraction of sp³-hybridized carbons (Fsp3) is 1.00. The van der Waals surface area contributed by atoms with Crippen LogP contribution in [0.2, 0.25) is 0 Å². The van der Waals surface area contributed by atoms with E-state index in [0.29, 0.717) is 0 Å². The van der Waals surface area contributed by atoms with Crippen LogP contribution in [0.15, 0.2) is 0 Å². The van der Waals surface area contributed by atoms with Crippen LogP contribution in [0.1, 0.15) is 19.8 Å². The second-order valence-electron chi connectivity index (χ2n) is 3.71. The molecule has 0 aromatic heterocycles. The first kappa shape index (κ1) is 11.8. The predicted molar refractivity (Wildman–Crippen MR) is 47.1 cm³/mol. The van der Waals surface area contributed by atoms with Gasteiger partial charge in [0.15, 0.2) is 6.10 Å². The van der Waals surface area contributed by atoms with Crippen LogP contribution in [-0.2, 0) is 4.74 Å². The van der Waals surface area contributed by atoms with E-state index in [4.69, 9.17) is 4.74 Å². The Balaban J connectivity index is 2.19. The highest BCUT2D eigenvalue weighted by atomic mass is 19.4. The van der Waals surface area contributed by atoms with Gasteiger partial charge in [-0.25, -0.2) is 0 Å². The second kappa shape index (κ2) is 4.98. The van der Waals surface area contributed by atoms with Gasteiger partial charge in [-0.05, 0) is 38.8 Å². The van der Waals surface area contributed by atoms with Crippen LogP contribution in [0.5, 0.6) is 0 Å². The molecule has 5 heteroatoms.